The number of ketones is 1. The maximum absolute atomic E-state index is 12.3. The second-order valence-electron chi connectivity index (χ2n) is 4.68. The zero-order chi connectivity index (χ0) is 12.3. The van der Waals surface area contributed by atoms with E-state index in [1.807, 2.05) is 19.1 Å². The third-order valence-corrected chi connectivity index (χ3v) is 3.36. The monoisotopic (exact) mass is 248 g/mol. The summed E-state index contributed by atoms with van der Waals surface area (Å²) in [4.78, 5) is 12.3. The van der Waals surface area contributed by atoms with Crippen LogP contribution in [0.1, 0.15) is 48.0 Å². The van der Waals surface area contributed by atoms with Crippen molar-refractivity contribution in [3.05, 3.63) is 46.0 Å². The number of aryl methyl sites for hydroxylation is 1. The Labute approximate surface area is 107 Å². The van der Waals surface area contributed by atoms with Crippen LogP contribution in [-0.2, 0) is 0 Å². The molecule has 2 heteroatoms. The molecule has 0 aliphatic heterocycles. The van der Waals surface area contributed by atoms with E-state index in [-0.39, 0.29) is 5.78 Å². The van der Waals surface area contributed by atoms with E-state index in [2.05, 4.69) is 6.08 Å². The standard InChI is InChI=1S/C15H17ClO/c1-11-8-13(10-14(16)9-11)15(17)12-6-4-2-3-5-7-12/h6,8-10H,2-5,7H2,1H3. The Kier molecular flexibility index (Phi) is 4.01. The summed E-state index contributed by atoms with van der Waals surface area (Å²) >= 11 is 5.99. The van der Waals surface area contributed by atoms with Crippen molar-refractivity contribution in [1.29, 1.82) is 0 Å². The molecule has 0 saturated heterocycles. The Morgan fingerprint density at radius 1 is 1.18 bits per heavy atom. The van der Waals surface area contributed by atoms with Gasteiger partial charge < -0.3 is 0 Å². The van der Waals surface area contributed by atoms with Gasteiger partial charge in [0.25, 0.3) is 0 Å². The number of benzene rings is 1. The van der Waals surface area contributed by atoms with Crippen molar-refractivity contribution in [2.75, 3.05) is 0 Å². The summed E-state index contributed by atoms with van der Waals surface area (Å²) in [5, 5.41) is 0.641. The van der Waals surface area contributed by atoms with Crippen LogP contribution in [0.4, 0.5) is 0 Å². The summed E-state index contributed by atoms with van der Waals surface area (Å²) in [7, 11) is 0. The number of rotatable bonds is 2. The highest BCUT2D eigenvalue weighted by molar-refractivity contribution is 6.31. The first kappa shape index (κ1) is 12.4. The summed E-state index contributed by atoms with van der Waals surface area (Å²) in [5.41, 5.74) is 2.72. The van der Waals surface area contributed by atoms with Crippen molar-refractivity contribution in [1.82, 2.24) is 0 Å². The molecule has 17 heavy (non-hydrogen) atoms. The van der Waals surface area contributed by atoms with Crippen molar-refractivity contribution in [3.63, 3.8) is 0 Å². The van der Waals surface area contributed by atoms with Crippen LogP contribution in [0.3, 0.4) is 0 Å². The van der Waals surface area contributed by atoms with E-state index in [1.54, 1.807) is 6.07 Å². The average Bonchev–Trinajstić information content (AvgIpc) is 2.55. The first-order valence-electron chi connectivity index (χ1n) is 6.18. The Balaban J connectivity index is 2.26. The van der Waals surface area contributed by atoms with Gasteiger partial charge in [-0.1, -0.05) is 24.1 Å². The van der Waals surface area contributed by atoms with Gasteiger partial charge in [0.15, 0.2) is 5.78 Å². The van der Waals surface area contributed by atoms with Crippen LogP contribution in [0.15, 0.2) is 29.8 Å². The number of carbonyl (C=O) groups is 1. The average molecular weight is 249 g/mol. The summed E-state index contributed by atoms with van der Waals surface area (Å²) in [6, 6.07) is 5.56. The van der Waals surface area contributed by atoms with Gasteiger partial charge in [-0.15, -0.1) is 0 Å². The minimum absolute atomic E-state index is 0.150. The summed E-state index contributed by atoms with van der Waals surface area (Å²) in [6.45, 7) is 1.96. The van der Waals surface area contributed by atoms with Crippen LogP contribution >= 0.6 is 11.6 Å². The van der Waals surface area contributed by atoms with E-state index in [1.165, 1.54) is 12.8 Å². The maximum Gasteiger partial charge on any atom is 0.188 e. The van der Waals surface area contributed by atoms with Gasteiger partial charge in [0.05, 0.1) is 0 Å². The molecule has 1 aromatic carbocycles. The second-order valence-corrected chi connectivity index (χ2v) is 5.11. The lowest BCUT2D eigenvalue weighted by atomic mass is 9.98. The molecule has 90 valence electrons. The van der Waals surface area contributed by atoms with Crippen molar-refractivity contribution in [3.8, 4) is 0 Å². The normalized spacial score (nSPS) is 16.2. The van der Waals surface area contributed by atoms with Crippen molar-refractivity contribution in [2.45, 2.75) is 39.0 Å². The molecule has 2 rings (SSSR count). The molecule has 0 amide bonds. The van der Waals surface area contributed by atoms with Crippen LogP contribution in [0.2, 0.25) is 5.02 Å². The molecule has 1 aliphatic carbocycles. The molecule has 1 aromatic rings. The summed E-state index contributed by atoms with van der Waals surface area (Å²) in [5.74, 6) is 0.150. The van der Waals surface area contributed by atoms with Crippen molar-refractivity contribution >= 4 is 17.4 Å². The minimum atomic E-state index is 0.150. The fraction of sp³-hybridized carbons (Fsp3) is 0.400. The van der Waals surface area contributed by atoms with E-state index in [9.17, 15) is 4.79 Å². The SMILES string of the molecule is Cc1cc(Cl)cc(C(=O)C2=CCCCCC2)c1. The fourth-order valence-corrected chi connectivity index (χ4v) is 2.56. The van der Waals surface area contributed by atoms with E-state index in [0.29, 0.717) is 5.02 Å². The van der Waals surface area contributed by atoms with Gasteiger partial charge in [0, 0.05) is 10.6 Å². The predicted molar refractivity (Wildman–Crippen MR) is 71.7 cm³/mol. The third-order valence-electron chi connectivity index (χ3n) is 3.14. The van der Waals surface area contributed by atoms with Gasteiger partial charge in [-0.3, -0.25) is 4.79 Å². The van der Waals surface area contributed by atoms with Crippen molar-refractivity contribution < 1.29 is 4.79 Å². The third kappa shape index (κ3) is 3.19. The first-order valence-corrected chi connectivity index (χ1v) is 6.55. The molecular weight excluding hydrogens is 232 g/mol. The number of hydrogen-bond donors (Lipinski definition) is 0. The largest absolute Gasteiger partial charge is 0.289 e. The topological polar surface area (TPSA) is 17.1 Å². The van der Waals surface area contributed by atoms with Gasteiger partial charge in [-0.25, -0.2) is 0 Å². The maximum atomic E-state index is 12.3. The van der Waals surface area contributed by atoms with Gasteiger partial charge in [0.2, 0.25) is 0 Å². The first-order chi connectivity index (χ1) is 8.16. The number of allylic oxidation sites excluding steroid dienone is 2. The van der Waals surface area contributed by atoms with Crippen LogP contribution in [0.5, 0.6) is 0 Å². The summed E-state index contributed by atoms with van der Waals surface area (Å²) < 4.78 is 0. The molecule has 1 nitrogen and oxygen atoms in total. The molecule has 0 unspecified atom stereocenters. The molecule has 0 heterocycles. The lowest BCUT2D eigenvalue weighted by Gasteiger charge is -2.06. The van der Waals surface area contributed by atoms with Crippen molar-refractivity contribution in [2.24, 2.45) is 0 Å². The van der Waals surface area contributed by atoms with Crippen LogP contribution in [0, 0.1) is 6.92 Å². The number of halogens is 1. The fourth-order valence-electron chi connectivity index (χ4n) is 2.27. The van der Waals surface area contributed by atoms with E-state index in [4.69, 9.17) is 11.6 Å². The van der Waals surface area contributed by atoms with E-state index in [0.717, 1.165) is 36.0 Å². The zero-order valence-electron chi connectivity index (χ0n) is 10.1. The molecule has 0 N–H and O–H groups in total. The highest BCUT2D eigenvalue weighted by Gasteiger charge is 2.14. The molecular formula is C15H17ClO. The Morgan fingerprint density at radius 2 is 2.00 bits per heavy atom. The summed E-state index contributed by atoms with van der Waals surface area (Å²) in [6.07, 6.45) is 7.58. The van der Waals surface area contributed by atoms with Gasteiger partial charge in [-0.05, 0) is 61.9 Å². The number of carbonyl (C=O) groups excluding carboxylic acids is 1. The lowest BCUT2D eigenvalue weighted by molar-refractivity contribution is 0.103. The molecule has 0 bridgehead atoms. The lowest BCUT2D eigenvalue weighted by Crippen LogP contribution is -2.03. The molecule has 0 atom stereocenters. The predicted octanol–water partition coefficient (Wildman–Crippen LogP) is 4.72. The van der Waals surface area contributed by atoms with Crippen LogP contribution in [0.25, 0.3) is 0 Å². The zero-order valence-corrected chi connectivity index (χ0v) is 10.9. The second kappa shape index (κ2) is 5.50. The Morgan fingerprint density at radius 3 is 2.76 bits per heavy atom. The van der Waals surface area contributed by atoms with Crippen LogP contribution in [-0.4, -0.2) is 5.78 Å². The molecule has 0 radical (unpaired) electrons. The van der Waals surface area contributed by atoms with Crippen LogP contribution < -0.4 is 0 Å². The van der Waals surface area contributed by atoms with Gasteiger partial charge >= 0.3 is 0 Å². The molecule has 1 aliphatic rings. The molecule has 0 saturated carbocycles. The molecule has 0 spiro atoms. The van der Waals surface area contributed by atoms with E-state index < -0.39 is 0 Å². The minimum Gasteiger partial charge on any atom is -0.289 e. The highest BCUT2D eigenvalue weighted by atomic mass is 35.5. The van der Waals surface area contributed by atoms with Gasteiger partial charge in [-0.2, -0.15) is 0 Å². The highest BCUT2D eigenvalue weighted by Crippen LogP contribution is 2.23. The Hall–Kier alpha value is -1.08. The smallest absolute Gasteiger partial charge is 0.188 e. The molecule has 0 aromatic heterocycles. The quantitative estimate of drug-likeness (QED) is 0.692. The number of Topliss-reactive ketones (excluding diaryl/α,β-unsaturated/α-hetero) is 1. The number of hydrogen-bond acceptors (Lipinski definition) is 1. The Bertz CT molecular complexity index is 440. The van der Waals surface area contributed by atoms with E-state index >= 15 is 0 Å². The van der Waals surface area contributed by atoms with Gasteiger partial charge in [0.1, 0.15) is 0 Å². The molecule has 0 fully saturated rings.